The van der Waals surface area contributed by atoms with Crippen LogP contribution in [0.5, 0.6) is 0 Å². The number of anilines is 1. The quantitative estimate of drug-likeness (QED) is 0.897. The number of benzene rings is 1. The third-order valence-electron chi connectivity index (χ3n) is 2.54. The van der Waals surface area contributed by atoms with Crippen LogP contribution in [0.3, 0.4) is 0 Å². The largest absolute Gasteiger partial charge is 0.373 e. The van der Waals surface area contributed by atoms with Crippen molar-refractivity contribution in [2.24, 2.45) is 0 Å². The van der Waals surface area contributed by atoms with Crippen molar-refractivity contribution in [1.82, 2.24) is 4.90 Å². The molecule has 0 saturated carbocycles. The molecule has 1 amide bonds. The van der Waals surface area contributed by atoms with Crippen LogP contribution < -0.4 is 5.32 Å². The molecule has 0 heterocycles. The zero-order valence-electron chi connectivity index (χ0n) is 10.3. The molecule has 0 bridgehead atoms. The van der Waals surface area contributed by atoms with E-state index in [1.807, 2.05) is 13.8 Å². The summed E-state index contributed by atoms with van der Waals surface area (Å²) < 4.78 is 26.2. The van der Waals surface area contributed by atoms with Gasteiger partial charge in [0.2, 0.25) is 5.91 Å². The monoisotopic (exact) mass is 276 g/mol. The maximum absolute atomic E-state index is 13.4. The van der Waals surface area contributed by atoms with Gasteiger partial charge >= 0.3 is 0 Å². The van der Waals surface area contributed by atoms with Gasteiger partial charge < -0.3 is 10.2 Å². The summed E-state index contributed by atoms with van der Waals surface area (Å²) in [5.41, 5.74) is -0.0569. The van der Waals surface area contributed by atoms with Gasteiger partial charge in [-0.15, -0.1) is 0 Å². The summed E-state index contributed by atoms with van der Waals surface area (Å²) in [4.78, 5) is 13.3. The van der Waals surface area contributed by atoms with Crippen molar-refractivity contribution in [2.45, 2.75) is 13.8 Å². The van der Waals surface area contributed by atoms with Crippen molar-refractivity contribution in [3.63, 3.8) is 0 Å². The summed E-state index contributed by atoms with van der Waals surface area (Å²) in [6.07, 6.45) is 0. The van der Waals surface area contributed by atoms with Crippen LogP contribution >= 0.6 is 11.6 Å². The molecule has 0 aliphatic rings. The van der Waals surface area contributed by atoms with Crippen LogP contribution in [-0.2, 0) is 4.79 Å². The molecule has 0 aromatic heterocycles. The van der Waals surface area contributed by atoms with Crippen molar-refractivity contribution < 1.29 is 13.6 Å². The van der Waals surface area contributed by atoms with E-state index in [2.05, 4.69) is 5.32 Å². The highest BCUT2D eigenvalue weighted by atomic mass is 35.5. The predicted molar refractivity (Wildman–Crippen MR) is 67.8 cm³/mol. The van der Waals surface area contributed by atoms with Gasteiger partial charge in [0.1, 0.15) is 5.82 Å². The lowest BCUT2D eigenvalue weighted by Gasteiger charge is -2.19. The zero-order chi connectivity index (χ0) is 13.7. The third-order valence-corrected chi connectivity index (χ3v) is 2.84. The SMILES string of the molecule is CCN(CC)C(=O)CNc1c(F)cc(F)cc1Cl. The summed E-state index contributed by atoms with van der Waals surface area (Å²) in [5, 5.41) is 2.51. The fourth-order valence-corrected chi connectivity index (χ4v) is 1.82. The Morgan fingerprint density at radius 1 is 1.33 bits per heavy atom. The van der Waals surface area contributed by atoms with E-state index >= 15 is 0 Å². The molecule has 0 atom stereocenters. The number of carbonyl (C=O) groups is 1. The average molecular weight is 277 g/mol. The second kappa shape index (κ2) is 6.54. The molecule has 0 unspecified atom stereocenters. The minimum Gasteiger partial charge on any atom is -0.373 e. The van der Waals surface area contributed by atoms with Crippen LogP contribution in [-0.4, -0.2) is 30.4 Å². The predicted octanol–water partition coefficient (Wildman–Crippen LogP) is 2.90. The first kappa shape index (κ1) is 14.7. The Kier molecular flexibility index (Phi) is 5.34. The molecule has 3 nitrogen and oxygen atoms in total. The van der Waals surface area contributed by atoms with Gasteiger partial charge in [0.05, 0.1) is 17.3 Å². The van der Waals surface area contributed by atoms with E-state index < -0.39 is 11.6 Å². The maximum atomic E-state index is 13.4. The Hall–Kier alpha value is -1.36. The van der Waals surface area contributed by atoms with Crippen LogP contribution in [0.15, 0.2) is 12.1 Å². The Balaban J connectivity index is 2.72. The number of nitrogens with one attached hydrogen (secondary N) is 1. The van der Waals surface area contributed by atoms with Gasteiger partial charge in [-0.1, -0.05) is 11.6 Å². The highest BCUT2D eigenvalue weighted by molar-refractivity contribution is 6.33. The van der Waals surface area contributed by atoms with Gasteiger partial charge in [-0.25, -0.2) is 8.78 Å². The Labute approximate surface area is 110 Å². The van der Waals surface area contributed by atoms with Gasteiger partial charge in [0, 0.05) is 19.2 Å². The molecular formula is C12H15ClF2N2O. The van der Waals surface area contributed by atoms with E-state index in [1.54, 1.807) is 4.90 Å². The molecule has 1 aromatic carbocycles. The van der Waals surface area contributed by atoms with Gasteiger partial charge in [0.15, 0.2) is 5.82 Å². The van der Waals surface area contributed by atoms with Gasteiger partial charge in [-0.05, 0) is 19.9 Å². The molecule has 6 heteroatoms. The second-order valence-corrected chi connectivity index (χ2v) is 4.07. The van der Waals surface area contributed by atoms with Crippen molar-refractivity contribution in [3.05, 3.63) is 28.8 Å². The van der Waals surface area contributed by atoms with Gasteiger partial charge in [-0.3, -0.25) is 4.79 Å². The number of rotatable bonds is 5. The number of carbonyl (C=O) groups excluding carboxylic acids is 1. The van der Waals surface area contributed by atoms with Gasteiger partial charge in [0.25, 0.3) is 0 Å². The average Bonchev–Trinajstić information content (AvgIpc) is 2.29. The van der Waals surface area contributed by atoms with Crippen LogP contribution in [0.2, 0.25) is 5.02 Å². The van der Waals surface area contributed by atoms with Crippen molar-refractivity contribution in [2.75, 3.05) is 25.0 Å². The smallest absolute Gasteiger partial charge is 0.241 e. The van der Waals surface area contributed by atoms with Crippen LogP contribution in [0, 0.1) is 11.6 Å². The van der Waals surface area contributed by atoms with E-state index in [-0.39, 0.29) is 23.2 Å². The number of amides is 1. The molecule has 1 rings (SSSR count). The summed E-state index contributed by atoms with van der Waals surface area (Å²) in [5.74, 6) is -1.73. The van der Waals surface area contributed by atoms with E-state index in [0.29, 0.717) is 13.1 Å². The first-order valence-electron chi connectivity index (χ1n) is 5.65. The van der Waals surface area contributed by atoms with Crippen molar-refractivity contribution in [3.8, 4) is 0 Å². The minimum atomic E-state index is -0.813. The summed E-state index contributed by atoms with van der Waals surface area (Å²) in [6.45, 7) is 4.79. The third kappa shape index (κ3) is 3.57. The molecule has 1 aromatic rings. The fourth-order valence-electron chi connectivity index (χ4n) is 1.56. The first-order valence-corrected chi connectivity index (χ1v) is 6.03. The lowest BCUT2D eigenvalue weighted by molar-refractivity contribution is -0.128. The van der Waals surface area contributed by atoms with Crippen LogP contribution in [0.25, 0.3) is 0 Å². The topological polar surface area (TPSA) is 32.3 Å². The van der Waals surface area contributed by atoms with E-state index in [9.17, 15) is 13.6 Å². The number of nitrogens with zero attached hydrogens (tertiary/aromatic N) is 1. The normalized spacial score (nSPS) is 10.3. The summed E-state index contributed by atoms with van der Waals surface area (Å²) >= 11 is 5.70. The number of hydrogen-bond donors (Lipinski definition) is 1. The molecule has 0 radical (unpaired) electrons. The van der Waals surface area contributed by atoms with Crippen molar-refractivity contribution in [1.29, 1.82) is 0 Å². The second-order valence-electron chi connectivity index (χ2n) is 3.66. The van der Waals surface area contributed by atoms with E-state index in [0.717, 1.165) is 12.1 Å². The Bertz CT molecular complexity index is 413. The molecule has 1 N–H and O–H groups in total. The molecule has 18 heavy (non-hydrogen) atoms. The number of likely N-dealkylation sites (N-methyl/N-ethyl adjacent to an activating group) is 1. The van der Waals surface area contributed by atoms with E-state index in [4.69, 9.17) is 11.6 Å². The Morgan fingerprint density at radius 3 is 2.44 bits per heavy atom. The highest BCUT2D eigenvalue weighted by Crippen LogP contribution is 2.26. The first-order chi connectivity index (χ1) is 8.49. The highest BCUT2D eigenvalue weighted by Gasteiger charge is 2.13. The molecule has 0 aliphatic carbocycles. The van der Waals surface area contributed by atoms with Crippen molar-refractivity contribution >= 4 is 23.2 Å². The van der Waals surface area contributed by atoms with Crippen LogP contribution in [0.1, 0.15) is 13.8 Å². The standard InChI is InChI=1S/C12H15ClF2N2O/c1-3-17(4-2)11(18)7-16-12-9(13)5-8(14)6-10(12)15/h5-6,16H,3-4,7H2,1-2H3. The molecule has 0 fully saturated rings. The fraction of sp³-hybridized carbons (Fsp3) is 0.417. The summed E-state index contributed by atoms with van der Waals surface area (Å²) in [6, 6.07) is 1.71. The molecule has 0 spiro atoms. The molecule has 0 aliphatic heterocycles. The maximum Gasteiger partial charge on any atom is 0.241 e. The molecular weight excluding hydrogens is 262 g/mol. The zero-order valence-corrected chi connectivity index (χ0v) is 11.0. The van der Waals surface area contributed by atoms with E-state index in [1.165, 1.54) is 0 Å². The molecule has 0 saturated heterocycles. The minimum absolute atomic E-state index is 0.0569. The number of hydrogen-bond acceptors (Lipinski definition) is 2. The lowest BCUT2D eigenvalue weighted by Crippen LogP contribution is -2.35. The van der Waals surface area contributed by atoms with Gasteiger partial charge in [-0.2, -0.15) is 0 Å². The Morgan fingerprint density at radius 2 is 1.94 bits per heavy atom. The summed E-state index contributed by atoms with van der Waals surface area (Å²) in [7, 11) is 0. The van der Waals surface area contributed by atoms with Crippen LogP contribution in [0.4, 0.5) is 14.5 Å². The number of halogens is 3. The lowest BCUT2D eigenvalue weighted by atomic mass is 10.3. The molecule has 100 valence electrons.